The van der Waals surface area contributed by atoms with Gasteiger partial charge in [0.1, 0.15) is 5.75 Å². The molecule has 2 aliphatic rings. The quantitative estimate of drug-likeness (QED) is 0.891. The molecule has 0 spiro atoms. The van der Waals surface area contributed by atoms with Crippen molar-refractivity contribution in [1.29, 1.82) is 0 Å². The minimum absolute atomic E-state index is 0.0612. The number of anilines is 1. The van der Waals surface area contributed by atoms with Crippen LogP contribution in [-0.4, -0.2) is 46.6 Å². The number of nitrogens with two attached hydrogens (primary N) is 1. The van der Waals surface area contributed by atoms with Crippen LogP contribution in [-0.2, 0) is 4.74 Å². The molecule has 2 fully saturated rings. The molecule has 1 saturated heterocycles. The van der Waals surface area contributed by atoms with Gasteiger partial charge in [0.2, 0.25) is 0 Å². The van der Waals surface area contributed by atoms with E-state index >= 15 is 0 Å². The van der Waals surface area contributed by atoms with Gasteiger partial charge < -0.3 is 20.5 Å². The number of aromatic hydroxyl groups is 1. The van der Waals surface area contributed by atoms with Crippen molar-refractivity contribution in [2.45, 2.75) is 38.3 Å². The van der Waals surface area contributed by atoms with Crippen LogP contribution in [0.5, 0.6) is 5.75 Å². The maximum absolute atomic E-state index is 10.3. The minimum Gasteiger partial charge on any atom is -0.507 e. The van der Waals surface area contributed by atoms with Crippen molar-refractivity contribution < 1.29 is 9.84 Å². The summed E-state index contributed by atoms with van der Waals surface area (Å²) in [4.78, 5) is 2.18. The highest BCUT2D eigenvalue weighted by molar-refractivity contribution is 5.71. The van der Waals surface area contributed by atoms with Gasteiger partial charge >= 0.3 is 0 Å². The Balaban J connectivity index is 1.56. The number of phenols is 1. The Labute approximate surface area is 147 Å². The van der Waals surface area contributed by atoms with Gasteiger partial charge in [-0.15, -0.1) is 10.2 Å². The first kappa shape index (κ1) is 16.3. The fraction of sp³-hybridized carbons (Fsp3) is 0.474. The molecule has 4 rings (SSSR count). The van der Waals surface area contributed by atoms with Gasteiger partial charge in [-0.2, -0.15) is 0 Å². The Kier molecular flexibility index (Phi) is 3.89. The number of rotatable bonds is 3. The summed E-state index contributed by atoms with van der Waals surface area (Å²) in [6.07, 6.45) is 2.12. The second kappa shape index (κ2) is 5.97. The van der Waals surface area contributed by atoms with E-state index in [1.165, 1.54) is 0 Å². The molecule has 6 heteroatoms. The number of phenolic OH excluding ortho intramolecular Hbond substituents is 1. The van der Waals surface area contributed by atoms with E-state index in [0.29, 0.717) is 12.3 Å². The van der Waals surface area contributed by atoms with Crippen LogP contribution in [0.1, 0.15) is 24.0 Å². The smallest absolute Gasteiger partial charge is 0.151 e. The Morgan fingerprint density at radius 1 is 1.24 bits per heavy atom. The monoisotopic (exact) mass is 340 g/mol. The summed E-state index contributed by atoms with van der Waals surface area (Å²) in [6, 6.07) is 7.66. The number of hydrogen-bond acceptors (Lipinski definition) is 6. The molecule has 3 N–H and O–H groups in total. The van der Waals surface area contributed by atoms with Crippen LogP contribution in [0.3, 0.4) is 0 Å². The number of nitrogens with zero attached hydrogens (tertiary/aromatic N) is 3. The van der Waals surface area contributed by atoms with Crippen molar-refractivity contribution >= 4 is 5.82 Å². The predicted octanol–water partition coefficient (Wildman–Crippen LogP) is 2.16. The molecule has 25 heavy (non-hydrogen) atoms. The molecule has 2 heterocycles. The number of morpholine rings is 1. The lowest BCUT2D eigenvalue weighted by molar-refractivity contribution is 0.0169. The third kappa shape index (κ3) is 3.07. The maximum atomic E-state index is 10.3. The highest BCUT2D eigenvalue weighted by atomic mass is 16.5. The van der Waals surface area contributed by atoms with Crippen molar-refractivity contribution in [2.24, 2.45) is 5.73 Å². The van der Waals surface area contributed by atoms with Crippen LogP contribution >= 0.6 is 0 Å². The fourth-order valence-corrected chi connectivity index (χ4v) is 3.58. The molecule has 0 radical (unpaired) electrons. The van der Waals surface area contributed by atoms with E-state index in [1.54, 1.807) is 6.07 Å². The summed E-state index contributed by atoms with van der Waals surface area (Å²) < 4.78 is 5.84. The molecular weight excluding hydrogens is 316 g/mol. The van der Waals surface area contributed by atoms with E-state index in [1.807, 2.05) is 32.0 Å². The van der Waals surface area contributed by atoms with Gasteiger partial charge in [-0.1, -0.05) is 6.07 Å². The second-order valence-corrected chi connectivity index (χ2v) is 7.29. The molecule has 132 valence electrons. The Morgan fingerprint density at radius 3 is 2.68 bits per heavy atom. The molecular formula is C19H24N4O2. The van der Waals surface area contributed by atoms with E-state index in [0.717, 1.165) is 48.4 Å². The lowest BCUT2D eigenvalue weighted by atomic mass is 10.0. The highest BCUT2D eigenvalue weighted by Crippen LogP contribution is 2.39. The maximum Gasteiger partial charge on any atom is 0.151 e. The number of aryl methyl sites for hydroxylation is 2. The van der Waals surface area contributed by atoms with E-state index in [-0.39, 0.29) is 17.4 Å². The first-order valence-electron chi connectivity index (χ1n) is 8.76. The zero-order chi connectivity index (χ0) is 17.6. The number of aromatic nitrogens is 2. The number of benzene rings is 1. The molecule has 1 aliphatic carbocycles. The first-order valence-corrected chi connectivity index (χ1v) is 8.76. The van der Waals surface area contributed by atoms with Crippen molar-refractivity contribution in [3.05, 3.63) is 35.4 Å². The molecule has 0 bridgehead atoms. The topological polar surface area (TPSA) is 84.5 Å². The largest absolute Gasteiger partial charge is 0.507 e. The average Bonchev–Trinajstić information content (AvgIpc) is 3.34. The molecule has 0 amide bonds. The summed E-state index contributed by atoms with van der Waals surface area (Å²) in [7, 11) is 0. The number of ether oxygens (including phenoxy) is 1. The fourth-order valence-electron chi connectivity index (χ4n) is 3.58. The molecule has 0 unspecified atom stereocenters. The first-order chi connectivity index (χ1) is 12.0. The van der Waals surface area contributed by atoms with Gasteiger partial charge in [0.05, 0.1) is 18.4 Å². The van der Waals surface area contributed by atoms with Gasteiger partial charge in [0, 0.05) is 24.2 Å². The summed E-state index contributed by atoms with van der Waals surface area (Å²) in [5.41, 5.74) is 9.57. The lowest BCUT2D eigenvalue weighted by Gasteiger charge is -2.36. The van der Waals surface area contributed by atoms with Crippen LogP contribution < -0.4 is 10.6 Å². The Morgan fingerprint density at radius 2 is 2.04 bits per heavy atom. The van der Waals surface area contributed by atoms with Crippen LogP contribution in [0.4, 0.5) is 5.82 Å². The third-order valence-corrected chi connectivity index (χ3v) is 5.22. The molecule has 6 nitrogen and oxygen atoms in total. The zero-order valence-electron chi connectivity index (χ0n) is 14.7. The van der Waals surface area contributed by atoms with Gasteiger partial charge in [-0.05, 0) is 56.0 Å². The van der Waals surface area contributed by atoms with Crippen molar-refractivity contribution in [3.63, 3.8) is 0 Å². The van der Waals surface area contributed by atoms with Gasteiger partial charge in [0.15, 0.2) is 5.82 Å². The van der Waals surface area contributed by atoms with E-state index in [2.05, 4.69) is 15.1 Å². The number of hydrogen-bond donors (Lipinski definition) is 2. The van der Waals surface area contributed by atoms with Crippen LogP contribution in [0.25, 0.3) is 11.3 Å². The van der Waals surface area contributed by atoms with E-state index < -0.39 is 0 Å². The SMILES string of the molecule is Cc1cc(C)c(-c2ccc(N3CCO[C@H](C4(N)CC4)C3)nn2)c(O)c1. The second-order valence-electron chi connectivity index (χ2n) is 7.29. The Hall–Kier alpha value is -2.18. The summed E-state index contributed by atoms with van der Waals surface area (Å²) >= 11 is 0. The molecule has 1 aliphatic heterocycles. The summed E-state index contributed by atoms with van der Waals surface area (Å²) in [5.74, 6) is 1.07. The van der Waals surface area contributed by atoms with Gasteiger partial charge in [0.25, 0.3) is 0 Å². The normalized spacial score (nSPS) is 22.0. The van der Waals surface area contributed by atoms with Crippen molar-refractivity contribution in [1.82, 2.24) is 10.2 Å². The minimum atomic E-state index is -0.156. The van der Waals surface area contributed by atoms with Gasteiger partial charge in [-0.25, -0.2) is 0 Å². The molecule has 1 atom stereocenters. The molecule has 1 aromatic carbocycles. The zero-order valence-corrected chi connectivity index (χ0v) is 14.7. The highest BCUT2D eigenvalue weighted by Gasteiger charge is 2.48. The van der Waals surface area contributed by atoms with Crippen molar-refractivity contribution in [3.8, 4) is 17.0 Å². The molecule has 1 aromatic heterocycles. The summed E-state index contributed by atoms with van der Waals surface area (Å²) in [6.45, 7) is 6.13. The average molecular weight is 340 g/mol. The van der Waals surface area contributed by atoms with Crippen LogP contribution in [0.15, 0.2) is 24.3 Å². The molecule has 2 aromatic rings. The van der Waals surface area contributed by atoms with E-state index in [4.69, 9.17) is 10.5 Å². The Bertz CT molecular complexity index is 764. The van der Waals surface area contributed by atoms with Crippen LogP contribution in [0.2, 0.25) is 0 Å². The predicted molar refractivity (Wildman–Crippen MR) is 96.7 cm³/mol. The van der Waals surface area contributed by atoms with Crippen LogP contribution in [0, 0.1) is 13.8 Å². The van der Waals surface area contributed by atoms with E-state index in [9.17, 15) is 5.11 Å². The van der Waals surface area contributed by atoms with Crippen molar-refractivity contribution in [2.75, 3.05) is 24.6 Å². The van der Waals surface area contributed by atoms with Gasteiger partial charge in [-0.3, -0.25) is 0 Å². The standard InChI is InChI=1S/C19H24N4O2/c1-12-9-13(2)18(15(24)10-12)14-3-4-17(22-21-14)23-7-8-25-16(11-23)19(20)5-6-19/h3-4,9-10,16,24H,5-8,11,20H2,1-2H3/t16-/m0/s1. The molecule has 1 saturated carbocycles. The third-order valence-electron chi connectivity index (χ3n) is 5.22. The lowest BCUT2D eigenvalue weighted by Crippen LogP contribution is -2.52. The summed E-state index contributed by atoms with van der Waals surface area (Å²) in [5, 5.41) is 19.0.